The molecule has 0 fully saturated rings. The average molecular weight is 341 g/mol. The van der Waals surface area contributed by atoms with Crippen LogP contribution in [0.3, 0.4) is 0 Å². The lowest BCUT2D eigenvalue weighted by molar-refractivity contribution is 0.102. The minimum Gasteiger partial charge on any atom is -0.398 e. The molecule has 0 radical (unpaired) electrons. The first-order valence-electron chi connectivity index (χ1n) is 5.70. The van der Waals surface area contributed by atoms with Crippen molar-refractivity contribution in [2.24, 2.45) is 0 Å². The van der Waals surface area contributed by atoms with Gasteiger partial charge >= 0.3 is 0 Å². The van der Waals surface area contributed by atoms with Gasteiger partial charge in [0.15, 0.2) is 0 Å². The first kappa shape index (κ1) is 14.5. The van der Waals surface area contributed by atoms with Gasteiger partial charge in [-0.3, -0.25) is 4.79 Å². The first-order valence-corrected chi connectivity index (χ1v) is 6.50. The van der Waals surface area contributed by atoms with E-state index >= 15 is 0 Å². The van der Waals surface area contributed by atoms with Crippen LogP contribution in [-0.4, -0.2) is 5.91 Å². The van der Waals surface area contributed by atoms with Gasteiger partial charge in [-0.15, -0.1) is 0 Å². The number of hydrogen-bond donors (Lipinski definition) is 2. The molecule has 3 nitrogen and oxygen atoms in total. The second-order valence-electron chi connectivity index (χ2n) is 4.27. The van der Waals surface area contributed by atoms with E-state index in [1.807, 2.05) is 6.92 Å². The molecule has 0 bridgehead atoms. The molecule has 0 spiro atoms. The summed E-state index contributed by atoms with van der Waals surface area (Å²) in [7, 11) is 0. The van der Waals surface area contributed by atoms with E-state index in [9.17, 15) is 13.6 Å². The van der Waals surface area contributed by atoms with Gasteiger partial charge in [-0.1, -0.05) is 6.07 Å². The van der Waals surface area contributed by atoms with Gasteiger partial charge in [0.1, 0.15) is 11.6 Å². The van der Waals surface area contributed by atoms with Crippen molar-refractivity contribution in [1.82, 2.24) is 0 Å². The highest BCUT2D eigenvalue weighted by molar-refractivity contribution is 9.10. The van der Waals surface area contributed by atoms with E-state index in [-0.39, 0.29) is 10.2 Å². The number of carbonyl (C=O) groups is 1. The minimum absolute atomic E-state index is 0.0672. The molecular weight excluding hydrogens is 330 g/mol. The Morgan fingerprint density at radius 3 is 2.55 bits per heavy atom. The summed E-state index contributed by atoms with van der Waals surface area (Å²) in [5.41, 5.74) is 7.22. The maximum atomic E-state index is 13.5. The van der Waals surface area contributed by atoms with Crippen molar-refractivity contribution in [3.63, 3.8) is 0 Å². The highest BCUT2D eigenvalue weighted by Gasteiger charge is 2.13. The summed E-state index contributed by atoms with van der Waals surface area (Å²) in [6.45, 7) is 1.81. The van der Waals surface area contributed by atoms with Crippen molar-refractivity contribution in [1.29, 1.82) is 0 Å². The molecule has 0 heterocycles. The molecule has 0 saturated carbocycles. The Hall–Kier alpha value is -1.95. The fourth-order valence-corrected chi connectivity index (χ4v) is 1.94. The number of nitrogens with one attached hydrogen (secondary N) is 1. The molecule has 104 valence electrons. The predicted molar refractivity (Wildman–Crippen MR) is 77.6 cm³/mol. The third-order valence-corrected chi connectivity index (χ3v) is 3.41. The molecule has 6 heteroatoms. The van der Waals surface area contributed by atoms with Gasteiger partial charge in [0, 0.05) is 17.3 Å². The zero-order chi connectivity index (χ0) is 14.9. The van der Waals surface area contributed by atoms with Gasteiger partial charge in [0.25, 0.3) is 5.91 Å². The number of carbonyl (C=O) groups excluding carboxylic acids is 1. The molecule has 0 aromatic heterocycles. The number of hydrogen-bond acceptors (Lipinski definition) is 2. The zero-order valence-electron chi connectivity index (χ0n) is 10.5. The lowest BCUT2D eigenvalue weighted by Gasteiger charge is -2.09. The quantitative estimate of drug-likeness (QED) is 0.644. The summed E-state index contributed by atoms with van der Waals surface area (Å²) >= 11 is 2.93. The molecule has 3 N–H and O–H groups in total. The van der Waals surface area contributed by atoms with Crippen LogP contribution in [0.2, 0.25) is 0 Å². The summed E-state index contributed by atoms with van der Waals surface area (Å²) in [6, 6.07) is 6.64. The second kappa shape index (κ2) is 5.58. The fourth-order valence-electron chi connectivity index (χ4n) is 1.59. The Kier molecular flexibility index (Phi) is 4.04. The van der Waals surface area contributed by atoms with E-state index < -0.39 is 17.5 Å². The molecular formula is C14H11BrF2N2O. The van der Waals surface area contributed by atoms with Gasteiger partial charge in [0.2, 0.25) is 0 Å². The molecule has 2 rings (SSSR count). The van der Waals surface area contributed by atoms with Crippen molar-refractivity contribution in [2.75, 3.05) is 11.1 Å². The van der Waals surface area contributed by atoms with Crippen LogP contribution >= 0.6 is 15.9 Å². The number of nitrogen functional groups attached to an aromatic ring is 1. The van der Waals surface area contributed by atoms with Crippen molar-refractivity contribution in [3.05, 3.63) is 57.6 Å². The zero-order valence-corrected chi connectivity index (χ0v) is 12.1. The molecule has 0 saturated heterocycles. The topological polar surface area (TPSA) is 55.1 Å². The van der Waals surface area contributed by atoms with Crippen LogP contribution in [-0.2, 0) is 0 Å². The summed E-state index contributed by atoms with van der Waals surface area (Å²) < 4.78 is 26.7. The van der Waals surface area contributed by atoms with Gasteiger partial charge in [-0.2, -0.15) is 0 Å². The van der Waals surface area contributed by atoms with Crippen LogP contribution < -0.4 is 11.1 Å². The van der Waals surface area contributed by atoms with Crippen LogP contribution in [0.5, 0.6) is 0 Å². The molecule has 1 amide bonds. The summed E-state index contributed by atoms with van der Waals surface area (Å²) in [6.07, 6.45) is 0. The molecule has 2 aromatic carbocycles. The lowest BCUT2D eigenvalue weighted by Crippen LogP contribution is -2.13. The molecule has 0 atom stereocenters. The maximum Gasteiger partial charge on any atom is 0.255 e. The minimum atomic E-state index is -0.848. The van der Waals surface area contributed by atoms with E-state index in [0.717, 1.165) is 5.56 Å². The Labute approximate surface area is 122 Å². The van der Waals surface area contributed by atoms with Crippen LogP contribution in [0.1, 0.15) is 15.9 Å². The third kappa shape index (κ3) is 2.96. The average Bonchev–Trinajstić information content (AvgIpc) is 2.39. The Morgan fingerprint density at radius 2 is 1.90 bits per heavy atom. The number of nitrogens with two attached hydrogens (primary N) is 1. The summed E-state index contributed by atoms with van der Waals surface area (Å²) in [5.74, 6) is -2.10. The number of amides is 1. The van der Waals surface area contributed by atoms with Gasteiger partial charge in [-0.05, 0) is 46.6 Å². The standard InChI is InChI=1S/C14H11BrF2N2O/c1-7-2-3-8(4-12(7)18)14(20)19-13-5-9(15)10(16)6-11(13)17/h2-6H,18H2,1H3,(H,19,20). The maximum absolute atomic E-state index is 13.5. The first-order chi connectivity index (χ1) is 9.38. The smallest absolute Gasteiger partial charge is 0.255 e. The van der Waals surface area contributed by atoms with E-state index in [1.165, 1.54) is 12.1 Å². The van der Waals surface area contributed by atoms with Crippen LogP contribution in [0.25, 0.3) is 0 Å². The fraction of sp³-hybridized carbons (Fsp3) is 0.0714. The summed E-state index contributed by atoms with van der Waals surface area (Å²) in [5, 5.41) is 2.38. The normalized spacial score (nSPS) is 10.4. The van der Waals surface area contributed by atoms with E-state index in [2.05, 4.69) is 21.2 Å². The Bertz CT molecular complexity index is 689. The van der Waals surface area contributed by atoms with Crippen LogP contribution in [0.15, 0.2) is 34.8 Å². The van der Waals surface area contributed by atoms with Gasteiger partial charge < -0.3 is 11.1 Å². The van der Waals surface area contributed by atoms with Crippen LogP contribution in [0.4, 0.5) is 20.2 Å². The van der Waals surface area contributed by atoms with Crippen molar-refractivity contribution < 1.29 is 13.6 Å². The van der Waals surface area contributed by atoms with Gasteiger partial charge in [0.05, 0.1) is 10.2 Å². The SMILES string of the molecule is Cc1ccc(C(=O)Nc2cc(Br)c(F)cc2F)cc1N. The molecule has 0 aliphatic heterocycles. The Morgan fingerprint density at radius 1 is 1.20 bits per heavy atom. The van der Waals surface area contributed by atoms with Crippen molar-refractivity contribution in [3.8, 4) is 0 Å². The molecule has 0 unspecified atom stereocenters. The molecule has 20 heavy (non-hydrogen) atoms. The van der Waals surface area contributed by atoms with E-state index in [0.29, 0.717) is 17.3 Å². The van der Waals surface area contributed by atoms with Gasteiger partial charge in [-0.25, -0.2) is 8.78 Å². The van der Waals surface area contributed by atoms with E-state index in [4.69, 9.17) is 5.73 Å². The van der Waals surface area contributed by atoms with Crippen molar-refractivity contribution >= 4 is 33.2 Å². The second-order valence-corrected chi connectivity index (χ2v) is 5.13. The third-order valence-electron chi connectivity index (χ3n) is 2.80. The molecule has 0 aliphatic carbocycles. The molecule has 2 aromatic rings. The number of aryl methyl sites for hydroxylation is 1. The highest BCUT2D eigenvalue weighted by atomic mass is 79.9. The largest absolute Gasteiger partial charge is 0.398 e. The predicted octanol–water partition coefficient (Wildman–Crippen LogP) is 3.87. The highest BCUT2D eigenvalue weighted by Crippen LogP contribution is 2.24. The summed E-state index contributed by atoms with van der Waals surface area (Å²) in [4.78, 5) is 12.0. The Balaban J connectivity index is 2.27. The monoisotopic (exact) mass is 340 g/mol. The number of benzene rings is 2. The van der Waals surface area contributed by atoms with E-state index in [1.54, 1.807) is 12.1 Å². The van der Waals surface area contributed by atoms with Crippen LogP contribution in [0, 0.1) is 18.6 Å². The van der Waals surface area contributed by atoms with Crippen molar-refractivity contribution in [2.45, 2.75) is 6.92 Å². The number of rotatable bonds is 2. The number of halogens is 3. The number of anilines is 2. The molecule has 0 aliphatic rings. The lowest BCUT2D eigenvalue weighted by atomic mass is 10.1.